The number of hydrogen-bond acceptors (Lipinski definition) is 12. The lowest BCUT2D eigenvalue weighted by atomic mass is 9.44. The standard InChI is InChI=1S/C50H57F2N3O12/c1-47-16-13-34(57)25-37(47)38(51)26-36-35-27-41-50(40(59)29-56,48(35,2)28-39(58)49(36,47)52)67-46(66-41)32-9-7-30(8-10-32)23-31-5-3-6-33(24-31)54-43(61)15-20-65-22-21-64-19-4-17-53-42(60)14-18-55-44(62)11-12-45(55)63/h3,5-13,16,24-25,35-36,38-39,41,46,56,58H,4,14-15,17-23,26-29H2,1-2H3,(H,53,60)(H,54,61)/t35?,36-,38-,39-,41+,46+,47-,48-,49-,50+/m0/s1. The summed E-state index contributed by atoms with van der Waals surface area (Å²) < 4.78 is 57.9. The first-order valence-electron chi connectivity index (χ1n) is 22.9. The number of ether oxygens (including phenoxy) is 4. The molecule has 0 spiro atoms. The maximum absolute atomic E-state index is 17.7. The molecule has 4 amide bonds. The molecule has 4 N–H and O–H groups in total. The zero-order chi connectivity index (χ0) is 47.7. The first-order valence-corrected chi connectivity index (χ1v) is 22.9. The van der Waals surface area contributed by atoms with Crippen LogP contribution in [0.5, 0.6) is 0 Å². The van der Waals surface area contributed by atoms with Crippen molar-refractivity contribution in [2.45, 2.75) is 94.7 Å². The molecule has 2 aliphatic heterocycles. The third kappa shape index (κ3) is 8.85. The molecule has 1 unspecified atom stereocenters. The summed E-state index contributed by atoms with van der Waals surface area (Å²) >= 11 is 0. The van der Waals surface area contributed by atoms with Crippen molar-refractivity contribution < 1.29 is 66.7 Å². The number of ketones is 2. The molecule has 4 fully saturated rings. The number of hydrogen-bond donors (Lipinski definition) is 4. The molecule has 0 aromatic heterocycles. The van der Waals surface area contributed by atoms with Gasteiger partial charge in [-0.3, -0.25) is 33.7 Å². The molecule has 3 saturated carbocycles. The average molecular weight is 930 g/mol. The summed E-state index contributed by atoms with van der Waals surface area (Å²) in [7, 11) is 0. The number of carbonyl (C=O) groups is 6. The second-order valence-corrected chi connectivity index (χ2v) is 18.7. The Morgan fingerprint density at radius 1 is 0.896 bits per heavy atom. The highest BCUT2D eigenvalue weighted by Crippen LogP contribution is 2.72. The van der Waals surface area contributed by atoms with Gasteiger partial charge in [0, 0.05) is 66.3 Å². The SMILES string of the molecule is C[C@]12C=CC(=O)C=C1[C@@H](F)C[C@H]1C3C[C@H]4O[C@@H](c5ccc(Cc6cccc(NC(=O)CCOCCOCCCNC(=O)CCN7C(=O)C=CC7=O)c6)cc5)O[C@@]4(C(=O)CO)[C@@]3(C)C[C@H](O)[C@@]12F. The number of imide groups is 1. The quantitative estimate of drug-likeness (QED) is 0.116. The number of benzene rings is 2. The van der Waals surface area contributed by atoms with Crippen molar-refractivity contribution in [3.05, 3.63) is 101 Å². The lowest BCUT2D eigenvalue weighted by Crippen LogP contribution is -2.70. The van der Waals surface area contributed by atoms with Crippen LogP contribution >= 0.6 is 0 Å². The average Bonchev–Trinajstić information content (AvgIpc) is 3.93. The van der Waals surface area contributed by atoms with Gasteiger partial charge in [0.1, 0.15) is 12.8 Å². The van der Waals surface area contributed by atoms with Gasteiger partial charge >= 0.3 is 0 Å². The van der Waals surface area contributed by atoms with E-state index in [-0.39, 0.29) is 69.3 Å². The number of allylic oxidation sites excluding steroid dienone is 4. The lowest BCUT2D eigenvalue weighted by Gasteiger charge is -2.63. The predicted molar refractivity (Wildman–Crippen MR) is 236 cm³/mol. The van der Waals surface area contributed by atoms with Crippen molar-refractivity contribution in [1.29, 1.82) is 0 Å². The van der Waals surface area contributed by atoms with Gasteiger partial charge < -0.3 is 39.8 Å². The summed E-state index contributed by atoms with van der Waals surface area (Å²) in [5.41, 5.74) is -3.76. The highest BCUT2D eigenvalue weighted by Gasteiger charge is 2.80. The number of fused-ring (bicyclic) bond motifs is 7. The van der Waals surface area contributed by atoms with Gasteiger partial charge in [-0.25, -0.2) is 8.78 Å². The fourth-order valence-corrected chi connectivity index (χ4v) is 11.6. The van der Waals surface area contributed by atoms with E-state index >= 15 is 8.78 Å². The van der Waals surface area contributed by atoms with Crippen molar-refractivity contribution >= 4 is 40.9 Å². The topological polar surface area (TPSA) is 207 Å². The molecule has 6 aliphatic rings. The maximum Gasteiger partial charge on any atom is 0.253 e. The van der Waals surface area contributed by atoms with Gasteiger partial charge in [0.2, 0.25) is 11.8 Å². The number of aliphatic hydroxyl groups excluding tert-OH is 2. The number of alkyl halides is 2. The van der Waals surface area contributed by atoms with Crippen molar-refractivity contribution in [2.75, 3.05) is 51.4 Å². The van der Waals surface area contributed by atoms with Crippen LogP contribution in [0.2, 0.25) is 0 Å². The molecule has 2 aromatic rings. The molecule has 2 aromatic carbocycles. The molecule has 2 heterocycles. The van der Waals surface area contributed by atoms with Crippen LogP contribution in [0.15, 0.2) is 84.5 Å². The smallest absolute Gasteiger partial charge is 0.253 e. The molecule has 10 atom stereocenters. The van der Waals surface area contributed by atoms with Crippen LogP contribution < -0.4 is 10.6 Å². The number of aliphatic hydroxyl groups is 2. The minimum absolute atomic E-state index is 0.0102. The van der Waals surface area contributed by atoms with Gasteiger partial charge in [-0.1, -0.05) is 49.4 Å². The number of halogens is 2. The highest BCUT2D eigenvalue weighted by molar-refractivity contribution is 6.13. The molecule has 1 saturated heterocycles. The number of Topliss-reactive ketones (excluding diaryl/α,β-unsaturated/α-hetero) is 1. The van der Waals surface area contributed by atoms with Gasteiger partial charge in [-0.05, 0) is 85.9 Å². The molecular weight excluding hydrogens is 873 g/mol. The fraction of sp³-hybridized carbons (Fsp3) is 0.520. The van der Waals surface area contributed by atoms with E-state index in [1.54, 1.807) is 13.0 Å². The van der Waals surface area contributed by atoms with E-state index in [1.807, 2.05) is 42.5 Å². The van der Waals surface area contributed by atoms with Crippen molar-refractivity contribution in [1.82, 2.24) is 10.2 Å². The van der Waals surface area contributed by atoms with Gasteiger partial charge in [0.15, 0.2) is 29.1 Å². The number of anilines is 1. The molecule has 0 radical (unpaired) electrons. The Morgan fingerprint density at radius 2 is 1.63 bits per heavy atom. The minimum atomic E-state index is -2.34. The third-order valence-corrected chi connectivity index (χ3v) is 14.9. The third-order valence-electron chi connectivity index (χ3n) is 14.9. The maximum atomic E-state index is 17.7. The van der Waals surface area contributed by atoms with Crippen LogP contribution in [-0.4, -0.2) is 126 Å². The van der Waals surface area contributed by atoms with Crippen molar-refractivity contribution in [2.24, 2.45) is 22.7 Å². The Hall–Kier alpha value is -5.30. The predicted octanol–water partition coefficient (Wildman–Crippen LogP) is 4.10. The Morgan fingerprint density at radius 3 is 2.36 bits per heavy atom. The van der Waals surface area contributed by atoms with Crippen LogP contribution in [0.3, 0.4) is 0 Å². The molecule has 67 heavy (non-hydrogen) atoms. The Bertz CT molecular complexity index is 2360. The number of nitrogens with one attached hydrogen (secondary N) is 2. The molecule has 8 rings (SSSR count). The Labute approximate surface area is 386 Å². The number of carbonyl (C=O) groups excluding carboxylic acids is 6. The van der Waals surface area contributed by atoms with Crippen LogP contribution in [0.1, 0.15) is 75.4 Å². The van der Waals surface area contributed by atoms with E-state index in [2.05, 4.69) is 10.6 Å². The van der Waals surface area contributed by atoms with Gasteiger partial charge in [-0.2, -0.15) is 0 Å². The Balaban J connectivity index is 0.787. The number of rotatable bonds is 19. The van der Waals surface area contributed by atoms with Crippen LogP contribution in [0.4, 0.5) is 14.5 Å². The van der Waals surface area contributed by atoms with Gasteiger partial charge in [0.05, 0.1) is 38.4 Å². The molecule has 358 valence electrons. The summed E-state index contributed by atoms with van der Waals surface area (Å²) in [5, 5.41) is 27.7. The van der Waals surface area contributed by atoms with Gasteiger partial charge in [-0.15, -0.1) is 0 Å². The minimum Gasteiger partial charge on any atom is -0.390 e. The first kappa shape index (κ1) is 48.2. The molecule has 17 heteroatoms. The van der Waals surface area contributed by atoms with Crippen LogP contribution in [0.25, 0.3) is 0 Å². The second-order valence-electron chi connectivity index (χ2n) is 18.7. The molecular formula is C50H57F2N3O12. The van der Waals surface area contributed by atoms with Crippen molar-refractivity contribution in [3.8, 4) is 0 Å². The number of amides is 4. The van der Waals surface area contributed by atoms with Crippen molar-refractivity contribution in [3.63, 3.8) is 0 Å². The molecule has 0 bridgehead atoms. The van der Waals surface area contributed by atoms with Gasteiger partial charge in [0.25, 0.3) is 11.8 Å². The highest BCUT2D eigenvalue weighted by atomic mass is 19.1. The summed E-state index contributed by atoms with van der Waals surface area (Å²) in [6.07, 6.45) is 1.78. The van der Waals surface area contributed by atoms with Crippen LogP contribution in [0, 0.1) is 22.7 Å². The van der Waals surface area contributed by atoms with E-state index in [4.69, 9.17) is 18.9 Å². The van der Waals surface area contributed by atoms with E-state index in [1.165, 1.54) is 31.2 Å². The summed E-state index contributed by atoms with van der Waals surface area (Å²) in [6.45, 7) is 4.00. The van der Waals surface area contributed by atoms with E-state index < -0.39 is 88.6 Å². The lowest BCUT2D eigenvalue weighted by molar-refractivity contribution is -0.235. The van der Waals surface area contributed by atoms with Crippen LogP contribution in [-0.2, 0) is 54.1 Å². The monoisotopic (exact) mass is 929 g/mol. The van der Waals surface area contributed by atoms with E-state index in [0.717, 1.165) is 22.1 Å². The zero-order valence-electron chi connectivity index (χ0n) is 37.5. The zero-order valence-corrected chi connectivity index (χ0v) is 37.5. The number of nitrogens with zero attached hydrogens (tertiary/aromatic N) is 1. The summed E-state index contributed by atoms with van der Waals surface area (Å²) in [5.74, 6) is -4.10. The second kappa shape index (κ2) is 19.4. The van der Waals surface area contributed by atoms with E-state index in [9.17, 15) is 39.0 Å². The molecule has 4 aliphatic carbocycles. The first-order chi connectivity index (χ1) is 32.0. The molecule has 15 nitrogen and oxygen atoms in total. The summed E-state index contributed by atoms with van der Waals surface area (Å²) in [4.78, 5) is 74.9. The normalized spacial score (nSPS) is 32.7. The summed E-state index contributed by atoms with van der Waals surface area (Å²) in [6, 6.07) is 14.9. The van der Waals surface area contributed by atoms with E-state index in [0.29, 0.717) is 43.9 Å². The fourth-order valence-electron chi connectivity index (χ4n) is 11.6. The largest absolute Gasteiger partial charge is 0.390 e. The Kier molecular flexibility index (Phi) is 13.9.